The van der Waals surface area contributed by atoms with E-state index in [0.29, 0.717) is 0 Å². The van der Waals surface area contributed by atoms with Crippen molar-refractivity contribution >= 4 is 10.8 Å². The van der Waals surface area contributed by atoms with Crippen LogP contribution in [0.3, 0.4) is 0 Å². The lowest BCUT2D eigenvalue weighted by molar-refractivity contribution is 0.860. The Hall–Kier alpha value is -2.19. The zero-order valence-electron chi connectivity index (χ0n) is 11.8. The number of nitrogens with zero attached hydrogens (tertiary/aromatic N) is 1. The van der Waals surface area contributed by atoms with Crippen LogP contribution in [0.5, 0.6) is 0 Å². The average Bonchev–Trinajstić information content (AvgIpc) is 2.46. The van der Waals surface area contributed by atoms with Crippen molar-refractivity contribution in [1.29, 1.82) is 0 Å². The van der Waals surface area contributed by atoms with Crippen molar-refractivity contribution in [3.8, 4) is 0 Å². The summed E-state index contributed by atoms with van der Waals surface area (Å²) in [5.74, 6) is 0. The first-order chi connectivity index (χ1) is 9.68. The van der Waals surface area contributed by atoms with Crippen LogP contribution in [0.4, 0.5) is 0 Å². The van der Waals surface area contributed by atoms with Gasteiger partial charge in [0.2, 0.25) is 0 Å². The predicted molar refractivity (Wildman–Crippen MR) is 83.7 cm³/mol. The summed E-state index contributed by atoms with van der Waals surface area (Å²) >= 11 is 0. The first kappa shape index (κ1) is 12.8. The molecule has 0 spiro atoms. The summed E-state index contributed by atoms with van der Waals surface area (Å²) in [6.07, 6.45) is 3.71. The average molecular weight is 262 g/mol. The number of benzene rings is 2. The highest BCUT2D eigenvalue weighted by Gasteiger charge is 2.15. The maximum Gasteiger partial charge on any atom is 0.0563 e. The Balaban J connectivity index is 2.21. The van der Waals surface area contributed by atoms with Gasteiger partial charge >= 0.3 is 0 Å². The second kappa shape index (κ2) is 5.06. The number of nitrogens with two attached hydrogens (primary N) is 1. The van der Waals surface area contributed by atoms with Gasteiger partial charge in [0.05, 0.1) is 6.04 Å². The smallest absolute Gasteiger partial charge is 0.0563 e. The van der Waals surface area contributed by atoms with E-state index in [1.54, 1.807) is 0 Å². The molecule has 0 saturated heterocycles. The molecule has 0 aliphatic heterocycles. The van der Waals surface area contributed by atoms with E-state index in [-0.39, 0.29) is 6.04 Å². The van der Waals surface area contributed by atoms with Crippen molar-refractivity contribution in [2.24, 2.45) is 5.73 Å². The summed E-state index contributed by atoms with van der Waals surface area (Å²) in [6, 6.07) is 14.5. The van der Waals surface area contributed by atoms with E-state index >= 15 is 0 Å². The van der Waals surface area contributed by atoms with Gasteiger partial charge in [0.15, 0.2) is 0 Å². The van der Waals surface area contributed by atoms with Crippen LogP contribution in [-0.4, -0.2) is 4.98 Å². The zero-order chi connectivity index (χ0) is 14.1. The van der Waals surface area contributed by atoms with Crippen molar-refractivity contribution in [2.45, 2.75) is 19.9 Å². The van der Waals surface area contributed by atoms with Gasteiger partial charge in [-0.15, -0.1) is 0 Å². The second-order valence-electron chi connectivity index (χ2n) is 5.23. The maximum absolute atomic E-state index is 6.56. The number of hydrogen-bond acceptors (Lipinski definition) is 2. The maximum atomic E-state index is 6.56. The molecule has 1 unspecified atom stereocenters. The van der Waals surface area contributed by atoms with Crippen LogP contribution in [0.1, 0.15) is 28.3 Å². The minimum Gasteiger partial charge on any atom is -0.320 e. The van der Waals surface area contributed by atoms with E-state index in [2.05, 4.69) is 49.2 Å². The van der Waals surface area contributed by atoms with Crippen LogP contribution in [0.25, 0.3) is 10.8 Å². The molecule has 2 heteroatoms. The van der Waals surface area contributed by atoms with E-state index < -0.39 is 0 Å². The lowest BCUT2D eigenvalue weighted by Gasteiger charge is -2.19. The number of rotatable bonds is 2. The lowest BCUT2D eigenvalue weighted by atomic mass is 9.90. The molecule has 20 heavy (non-hydrogen) atoms. The van der Waals surface area contributed by atoms with Gasteiger partial charge in [0, 0.05) is 17.8 Å². The fraction of sp³-hybridized carbons (Fsp3) is 0.167. The Morgan fingerprint density at radius 3 is 2.40 bits per heavy atom. The fourth-order valence-corrected chi connectivity index (χ4v) is 2.89. The molecule has 1 atom stereocenters. The Kier molecular flexibility index (Phi) is 3.25. The number of fused-ring (bicyclic) bond motifs is 1. The van der Waals surface area contributed by atoms with Crippen LogP contribution in [0.15, 0.2) is 54.9 Å². The molecule has 0 amide bonds. The number of aryl methyl sites for hydroxylation is 2. The molecule has 0 bridgehead atoms. The van der Waals surface area contributed by atoms with Gasteiger partial charge < -0.3 is 5.73 Å². The van der Waals surface area contributed by atoms with Gasteiger partial charge in [0.25, 0.3) is 0 Å². The topological polar surface area (TPSA) is 38.9 Å². The van der Waals surface area contributed by atoms with Gasteiger partial charge in [-0.05, 0) is 47.6 Å². The molecular weight excluding hydrogens is 244 g/mol. The standard InChI is InChI=1S/C18H18N2/c1-12-5-3-6-13(2)17(12)18(19)16-8-4-7-14-11-20-10-9-15(14)16/h3-11,18H,19H2,1-2H3. The normalized spacial score (nSPS) is 12.6. The summed E-state index contributed by atoms with van der Waals surface area (Å²) in [5, 5.41) is 2.31. The predicted octanol–water partition coefficient (Wildman–Crippen LogP) is 3.90. The molecule has 0 aliphatic carbocycles. The van der Waals surface area contributed by atoms with E-state index in [0.717, 1.165) is 10.9 Å². The Labute approximate surface area is 119 Å². The molecular formula is C18H18N2. The van der Waals surface area contributed by atoms with Crippen molar-refractivity contribution < 1.29 is 0 Å². The van der Waals surface area contributed by atoms with Crippen molar-refractivity contribution in [3.05, 3.63) is 77.1 Å². The Morgan fingerprint density at radius 1 is 0.950 bits per heavy atom. The minimum absolute atomic E-state index is 0.109. The van der Waals surface area contributed by atoms with E-state index in [9.17, 15) is 0 Å². The van der Waals surface area contributed by atoms with Crippen molar-refractivity contribution in [1.82, 2.24) is 4.98 Å². The zero-order valence-corrected chi connectivity index (χ0v) is 11.8. The third-order valence-corrected chi connectivity index (χ3v) is 3.90. The third kappa shape index (κ3) is 2.08. The molecule has 2 nitrogen and oxygen atoms in total. The van der Waals surface area contributed by atoms with Crippen LogP contribution in [0.2, 0.25) is 0 Å². The van der Waals surface area contributed by atoms with Crippen molar-refractivity contribution in [2.75, 3.05) is 0 Å². The van der Waals surface area contributed by atoms with Gasteiger partial charge in [-0.25, -0.2) is 0 Å². The first-order valence-electron chi connectivity index (χ1n) is 6.83. The van der Waals surface area contributed by atoms with E-state index in [1.165, 1.54) is 22.1 Å². The van der Waals surface area contributed by atoms with Gasteiger partial charge in [0.1, 0.15) is 0 Å². The molecule has 0 fully saturated rings. The summed E-state index contributed by atoms with van der Waals surface area (Å²) in [7, 11) is 0. The first-order valence-corrected chi connectivity index (χ1v) is 6.83. The van der Waals surface area contributed by atoms with Crippen LogP contribution in [-0.2, 0) is 0 Å². The largest absolute Gasteiger partial charge is 0.320 e. The van der Waals surface area contributed by atoms with Gasteiger partial charge in [-0.1, -0.05) is 36.4 Å². The van der Waals surface area contributed by atoms with Crippen LogP contribution >= 0.6 is 0 Å². The van der Waals surface area contributed by atoms with Gasteiger partial charge in [-0.3, -0.25) is 4.98 Å². The molecule has 0 aliphatic rings. The fourth-order valence-electron chi connectivity index (χ4n) is 2.89. The van der Waals surface area contributed by atoms with Crippen LogP contribution < -0.4 is 5.73 Å². The molecule has 2 N–H and O–H groups in total. The lowest BCUT2D eigenvalue weighted by Crippen LogP contribution is -2.15. The second-order valence-corrected chi connectivity index (χ2v) is 5.23. The molecule has 1 heterocycles. The SMILES string of the molecule is Cc1cccc(C)c1C(N)c1cccc2cnccc12. The molecule has 2 aromatic carbocycles. The third-order valence-electron chi connectivity index (χ3n) is 3.90. The number of pyridine rings is 1. The summed E-state index contributed by atoms with van der Waals surface area (Å²) < 4.78 is 0. The highest BCUT2D eigenvalue weighted by molar-refractivity contribution is 5.85. The summed E-state index contributed by atoms with van der Waals surface area (Å²) in [4.78, 5) is 4.18. The number of hydrogen-bond donors (Lipinski definition) is 1. The minimum atomic E-state index is -0.109. The summed E-state index contributed by atoms with van der Waals surface area (Å²) in [5.41, 5.74) is 11.4. The molecule has 100 valence electrons. The Morgan fingerprint density at radius 2 is 1.65 bits per heavy atom. The molecule has 0 radical (unpaired) electrons. The Bertz CT molecular complexity index is 737. The monoisotopic (exact) mass is 262 g/mol. The van der Waals surface area contributed by atoms with E-state index in [4.69, 9.17) is 5.73 Å². The van der Waals surface area contributed by atoms with Crippen LogP contribution in [0, 0.1) is 13.8 Å². The highest BCUT2D eigenvalue weighted by Crippen LogP contribution is 2.30. The highest BCUT2D eigenvalue weighted by atomic mass is 14.6. The van der Waals surface area contributed by atoms with Crippen molar-refractivity contribution in [3.63, 3.8) is 0 Å². The number of aromatic nitrogens is 1. The molecule has 3 aromatic rings. The molecule has 1 aromatic heterocycles. The molecule has 0 saturated carbocycles. The summed E-state index contributed by atoms with van der Waals surface area (Å²) in [6.45, 7) is 4.24. The molecule has 3 rings (SSSR count). The van der Waals surface area contributed by atoms with E-state index in [1.807, 2.05) is 24.5 Å². The quantitative estimate of drug-likeness (QED) is 0.760. The van der Waals surface area contributed by atoms with Gasteiger partial charge in [-0.2, -0.15) is 0 Å².